The molecule has 0 saturated carbocycles. The van der Waals surface area contributed by atoms with Crippen molar-refractivity contribution in [3.63, 3.8) is 0 Å². The third kappa shape index (κ3) is 3.41. The lowest BCUT2D eigenvalue weighted by molar-refractivity contribution is 0.0523. The first-order valence-electron chi connectivity index (χ1n) is 6.17. The average molecular weight is 270 g/mol. The number of carbonyl (C=O) groups excluding carboxylic acids is 1. The van der Waals surface area contributed by atoms with E-state index in [1.165, 1.54) is 12.1 Å². The largest absolute Gasteiger partial charge is 0.507 e. The Morgan fingerprint density at radius 1 is 1.10 bits per heavy atom. The lowest BCUT2D eigenvalue weighted by Gasteiger charge is -2.04. The molecule has 2 rings (SSSR count). The molecule has 0 aliphatic rings. The van der Waals surface area contributed by atoms with Gasteiger partial charge in [0.25, 0.3) is 0 Å². The predicted octanol–water partition coefficient (Wildman–Crippen LogP) is 3.98. The Morgan fingerprint density at radius 2 is 1.80 bits per heavy atom. The van der Waals surface area contributed by atoms with Gasteiger partial charge in [-0.15, -0.1) is 0 Å². The van der Waals surface area contributed by atoms with Crippen LogP contribution >= 0.6 is 0 Å². The van der Waals surface area contributed by atoms with Crippen molar-refractivity contribution in [2.45, 2.75) is 6.92 Å². The molecule has 0 aromatic heterocycles. The molecule has 5 nitrogen and oxygen atoms in total. The van der Waals surface area contributed by atoms with E-state index in [-0.39, 0.29) is 17.9 Å². The summed E-state index contributed by atoms with van der Waals surface area (Å²) in [5, 5.41) is 17.7. The fraction of sp³-hybridized carbons (Fsp3) is 0.133. The van der Waals surface area contributed by atoms with Crippen LogP contribution in [0.2, 0.25) is 0 Å². The zero-order valence-corrected chi connectivity index (χ0v) is 11.0. The number of carbonyl (C=O) groups is 1. The molecule has 0 aliphatic carbocycles. The molecular weight excluding hydrogens is 256 g/mol. The minimum atomic E-state index is -0.582. The van der Waals surface area contributed by atoms with E-state index in [2.05, 4.69) is 10.2 Å². The second-order valence-corrected chi connectivity index (χ2v) is 3.96. The number of benzene rings is 2. The quantitative estimate of drug-likeness (QED) is 0.674. The number of nitrogens with zero attached hydrogens (tertiary/aromatic N) is 2. The topological polar surface area (TPSA) is 71.2 Å². The van der Waals surface area contributed by atoms with E-state index in [1.807, 2.05) is 30.3 Å². The van der Waals surface area contributed by atoms with E-state index in [1.54, 1.807) is 13.0 Å². The molecule has 0 aliphatic heterocycles. The summed E-state index contributed by atoms with van der Waals surface area (Å²) in [5.74, 6) is -0.719. The molecule has 1 N–H and O–H groups in total. The first kappa shape index (κ1) is 13.7. The number of hydrogen-bond acceptors (Lipinski definition) is 5. The van der Waals surface area contributed by atoms with Crippen molar-refractivity contribution in [3.05, 3.63) is 54.1 Å². The molecule has 20 heavy (non-hydrogen) atoms. The fourth-order valence-corrected chi connectivity index (χ4v) is 1.57. The number of rotatable bonds is 4. The van der Waals surface area contributed by atoms with Crippen molar-refractivity contribution >= 4 is 17.3 Å². The van der Waals surface area contributed by atoms with Crippen LogP contribution in [-0.2, 0) is 4.74 Å². The van der Waals surface area contributed by atoms with E-state index >= 15 is 0 Å². The zero-order valence-electron chi connectivity index (χ0n) is 11.0. The molecule has 0 bridgehead atoms. The maximum atomic E-state index is 11.6. The second kappa shape index (κ2) is 6.47. The molecule has 0 heterocycles. The number of phenols is 1. The summed E-state index contributed by atoms with van der Waals surface area (Å²) in [4.78, 5) is 11.6. The van der Waals surface area contributed by atoms with E-state index < -0.39 is 5.97 Å². The van der Waals surface area contributed by atoms with E-state index in [0.717, 1.165) is 0 Å². The highest BCUT2D eigenvalue weighted by Gasteiger charge is 2.12. The molecule has 0 atom stereocenters. The number of hydrogen-bond donors (Lipinski definition) is 1. The van der Waals surface area contributed by atoms with Crippen LogP contribution in [0.15, 0.2) is 58.8 Å². The molecule has 102 valence electrons. The van der Waals surface area contributed by atoms with Crippen LogP contribution in [0, 0.1) is 0 Å². The third-order valence-electron chi connectivity index (χ3n) is 2.51. The van der Waals surface area contributed by atoms with Gasteiger partial charge in [-0.3, -0.25) is 0 Å². The van der Waals surface area contributed by atoms with Crippen LogP contribution in [0.25, 0.3) is 0 Å². The van der Waals surface area contributed by atoms with Crippen LogP contribution < -0.4 is 0 Å². The molecule has 5 heteroatoms. The molecule has 2 aromatic rings. The van der Waals surface area contributed by atoms with Crippen LogP contribution in [0.3, 0.4) is 0 Å². The Balaban J connectivity index is 2.23. The van der Waals surface area contributed by atoms with Crippen molar-refractivity contribution in [2.24, 2.45) is 10.2 Å². The molecule has 0 spiro atoms. The van der Waals surface area contributed by atoms with Crippen LogP contribution in [-0.4, -0.2) is 17.7 Å². The predicted molar refractivity (Wildman–Crippen MR) is 74.7 cm³/mol. The van der Waals surface area contributed by atoms with Gasteiger partial charge in [0.1, 0.15) is 11.3 Å². The Labute approximate surface area is 116 Å². The lowest BCUT2D eigenvalue weighted by atomic mass is 10.2. The van der Waals surface area contributed by atoms with Crippen LogP contribution in [0.4, 0.5) is 11.4 Å². The summed E-state index contributed by atoms with van der Waals surface area (Å²) >= 11 is 0. The molecular formula is C15H14N2O3. The smallest absolute Gasteiger partial charge is 0.341 e. The summed E-state index contributed by atoms with van der Waals surface area (Å²) in [6.45, 7) is 1.95. The monoisotopic (exact) mass is 270 g/mol. The van der Waals surface area contributed by atoms with Gasteiger partial charge >= 0.3 is 5.97 Å². The maximum absolute atomic E-state index is 11.6. The van der Waals surface area contributed by atoms with Gasteiger partial charge in [-0.05, 0) is 37.3 Å². The third-order valence-corrected chi connectivity index (χ3v) is 2.51. The molecule has 2 aromatic carbocycles. The van der Waals surface area contributed by atoms with Gasteiger partial charge in [-0.1, -0.05) is 18.2 Å². The van der Waals surface area contributed by atoms with Gasteiger partial charge in [0.15, 0.2) is 0 Å². The Bertz CT molecular complexity index is 624. The Hall–Kier alpha value is -2.69. The van der Waals surface area contributed by atoms with Gasteiger partial charge in [0, 0.05) is 0 Å². The Morgan fingerprint density at radius 3 is 2.50 bits per heavy atom. The van der Waals surface area contributed by atoms with Crippen molar-refractivity contribution in [1.29, 1.82) is 0 Å². The highest BCUT2D eigenvalue weighted by molar-refractivity contribution is 5.93. The molecule has 0 saturated heterocycles. The number of azo groups is 1. The number of aromatic hydroxyl groups is 1. The highest BCUT2D eigenvalue weighted by Crippen LogP contribution is 2.25. The van der Waals surface area contributed by atoms with Crippen molar-refractivity contribution in [2.75, 3.05) is 6.61 Å². The molecule has 0 radical (unpaired) electrons. The first-order chi connectivity index (χ1) is 9.70. The number of ether oxygens (including phenoxy) is 1. The van der Waals surface area contributed by atoms with Crippen LogP contribution in [0.5, 0.6) is 5.75 Å². The van der Waals surface area contributed by atoms with Crippen LogP contribution in [0.1, 0.15) is 17.3 Å². The average Bonchev–Trinajstić information content (AvgIpc) is 2.47. The van der Waals surface area contributed by atoms with Gasteiger partial charge in [-0.25, -0.2) is 4.79 Å². The summed E-state index contributed by atoms with van der Waals surface area (Å²) in [7, 11) is 0. The summed E-state index contributed by atoms with van der Waals surface area (Å²) in [6.07, 6.45) is 0. The SMILES string of the molecule is CCOC(=O)c1cc(N=Nc2ccccc2)ccc1O. The second-order valence-electron chi connectivity index (χ2n) is 3.96. The summed E-state index contributed by atoms with van der Waals surface area (Å²) in [6, 6.07) is 13.6. The highest BCUT2D eigenvalue weighted by atomic mass is 16.5. The minimum Gasteiger partial charge on any atom is -0.507 e. The van der Waals surface area contributed by atoms with Gasteiger partial charge in [-0.2, -0.15) is 10.2 Å². The summed E-state index contributed by atoms with van der Waals surface area (Å²) in [5.41, 5.74) is 1.25. The van der Waals surface area contributed by atoms with Gasteiger partial charge in [0.2, 0.25) is 0 Å². The van der Waals surface area contributed by atoms with Gasteiger partial charge in [0.05, 0.1) is 18.0 Å². The Kier molecular flexibility index (Phi) is 4.44. The molecule has 0 fully saturated rings. The standard InChI is InChI=1S/C15H14N2O3/c1-2-20-15(19)13-10-12(8-9-14(13)18)17-16-11-6-4-3-5-7-11/h3-10,18H,2H2,1H3. The summed E-state index contributed by atoms with van der Waals surface area (Å²) < 4.78 is 4.86. The fourth-order valence-electron chi connectivity index (χ4n) is 1.57. The normalized spacial score (nSPS) is 10.7. The van der Waals surface area contributed by atoms with Gasteiger partial charge < -0.3 is 9.84 Å². The first-order valence-corrected chi connectivity index (χ1v) is 6.17. The lowest BCUT2D eigenvalue weighted by Crippen LogP contribution is -2.04. The molecule has 0 amide bonds. The number of esters is 1. The maximum Gasteiger partial charge on any atom is 0.341 e. The molecule has 0 unspecified atom stereocenters. The van der Waals surface area contributed by atoms with E-state index in [9.17, 15) is 9.90 Å². The van der Waals surface area contributed by atoms with E-state index in [0.29, 0.717) is 11.4 Å². The minimum absolute atomic E-state index is 0.0800. The van der Waals surface area contributed by atoms with E-state index in [4.69, 9.17) is 4.74 Å². The zero-order chi connectivity index (χ0) is 14.4. The van der Waals surface area contributed by atoms with Crippen molar-refractivity contribution in [1.82, 2.24) is 0 Å². The van der Waals surface area contributed by atoms with Crippen molar-refractivity contribution in [3.8, 4) is 5.75 Å². The number of phenolic OH excluding ortho intramolecular Hbond substituents is 1. The van der Waals surface area contributed by atoms with Crippen molar-refractivity contribution < 1.29 is 14.6 Å².